The van der Waals surface area contributed by atoms with Crippen LogP contribution in [0.15, 0.2) is 36.5 Å². The van der Waals surface area contributed by atoms with Crippen LogP contribution in [0.25, 0.3) is 10.9 Å². The van der Waals surface area contributed by atoms with Crippen LogP contribution in [0, 0.1) is 0 Å². The predicted octanol–water partition coefficient (Wildman–Crippen LogP) is 2.69. The largest absolute Gasteiger partial charge is 0.491 e. The SMILES string of the molecule is O=C(C[C@@H]1CCCO1)NCCCOc1cccc2cccnc12. The highest BCUT2D eigenvalue weighted by Gasteiger charge is 2.18. The van der Waals surface area contributed by atoms with Gasteiger partial charge in [0.15, 0.2) is 0 Å². The zero-order valence-corrected chi connectivity index (χ0v) is 13.2. The highest BCUT2D eigenvalue weighted by atomic mass is 16.5. The number of hydrogen-bond acceptors (Lipinski definition) is 4. The predicted molar refractivity (Wildman–Crippen MR) is 88.5 cm³/mol. The van der Waals surface area contributed by atoms with E-state index in [4.69, 9.17) is 9.47 Å². The number of nitrogens with zero attached hydrogens (tertiary/aromatic N) is 1. The molecule has 0 unspecified atom stereocenters. The molecule has 1 aromatic carbocycles. The molecule has 23 heavy (non-hydrogen) atoms. The first kappa shape index (κ1) is 15.7. The fourth-order valence-corrected chi connectivity index (χ4v) is 2.76. The van der Waals surface area contributed by atoms with Crippen LogP contribution < -0.4 is 10.1 Å². The van der Waals surface area contributed by atoms with Crippen molar-refractivity contribution in [2.45, 2.75) is 31.8 Å². The van der Waals surface area contributed by atoms with Gasteiger partial charge in [-0.15, -0.1) is 0 Å². The summed E-state index contributed by atoms with van der Waals surface area (Å²) in [5, 5.41) is 3.98. The van der Waals surface area contributed by atoms with E-state index in [2.05, 4.69) is 10.3 Å². The van der Waals surface area contributed by atoms with Crippen LogP contribution in [0.2, 0.25) is 0 Å². The van der Waals surface area contributed by atoms with Crippen molar-refractivity contribution in [3.63, 3.8) is 0 Å². The number of nitrogens with one attached hydrogen (secondary N) is 1. The maximum Gasteiger partial charge on any atom is 0.222 e. The standard InChI is InChI=1S/C18H22N2O3/c21-17(13-15-7-3-11-22-15)19-10-4-12-23-16-8-1-5-14-6-2-9-20-18(14)16/h1-2,5-6,8-9,15H,3-4,7,10-13H2,(H,19,21)/t15-/m0/s1. The number of pyridine rings is 1. The third-order valence-electron chi connectivity index (χ3n) is 3.93. The number of ether oxygens (including phenoxy) is 2. The van der Waals surface area contributed by atoms with Gasteiger partial charge in [-0.2, -0.15) is 0 Å². The maximum absolute atomic E-state index is 11.8. The van der Waals surface area contributed by atoms with Gasteiger partial charge in [0.2, 0.25) is 5.91 Å². The van der Waals surface area contributed by atoms with E-state index in [0.29, 0.717) is 19.6 Å². The number of rotatable bonds is 7. The van der Waals surface area contributed by atoms with Gasteiger partial charge in [0.05, 0.1) is 19.1 Å². The van der Waals surface area contributed by atoms with Crippen molar-refractivity contribution in [1.29, 1.82) is 0 Å². The summed E-state index contributed by atoms with van der Waals surface area (Å²) in [6, 6.07) is 9.82. The molecule has 1 aromatic heterocycles. The Balaban J connectivity index is 1.38. The zero-order chi connectivity index (χ0) is 15.9. The summed E-state index contributed by atoms with van der Waals surface area (Å²) in [5.41, 5.74) is 0.873. The molecule has 5 nitrogen and oxygen atoms in total. The summed E-state index contributed by atoms with van der Waals surface area (Å²) < 4.78 is 11.3. The minimum Gasteiger partial charge on any atom is -0.491 e. The van der Waals surface area contributed by atoms with Crippen LogP contribution in [0.4, 0.5) is 0 Å². The van der Waals surface area contributed by atoms with Gasteiger partial charge < -0.3 is 14.8 Å². The smallest absolute Gasteiger partial charge is 0.222 e. The van der Waals surface area contributed by atoms with Crippen molar-refractivity contribution in [2.24, 2.45) is 0 Å². The Morgan fingerprint density at radius 2 is 2.26 bits per heavy atom. The lowest BCUT2D eigenvalue weighted by Gasteiger charge is -2.11. The van der Waals surface area contributed by atoms with E-state index >= 15 is 0 Å². The monoisotopic (exact) mass is 314 g/mol. The normalized spacial score (nSPS) is 17.3. The average Bonchev–Trinajstić information content (AvgIpc) is 3.07. The first-order chi connectivity index (χ1) is 11.3. The molecule has 1 amide bonds. The quantitative estimate of drug-likeness (QED) is 0.798. The van der Waals surface area contributed by atoms with E-state index in [9.17, 15) is 4.79 Å². The van der Waals surface area contributed by atoms with Gasteiger partial charge in [-0.05, 0) is 31.4 Å². The fraction of sp³-hybridized carbons (Fsp3) is 0.444. The number of para-hydroxylation sites is 1. The van der Waals surface area contributed by atoms with Crippen molar-refractivity contribution in [3.05, 3.63) is 36.5 Å². The molecule has 1 saturated heterocycles. The topological polar surface area (TPSA) is 60.5 Å². The number of aromatic nitrogens is 1. The fourth-order valence-electron chi connectivity index (χ4n) is 2.76. The van der Waals surface area contributed by atoms with Crippen LogP contribution in [-0.4, -0.2) is 36.8 Å². The van der Waals surface area contributed by atoms with Gasteiger partial charge in [0.25, 0.3) is 0 Å². The first-order valence-corrected chi connectivity index (χ1v) is 8.18. The minimum atomic E-state index is 0.0590. The highest BCUT2D eigenvalue weighted by molar-refractivity contribution is 5.84. The summed E-state index contributed by atoms with van der Waals surface area (Å²) in [4.78, 5) is 16.1. The summed E-state index contributed by atoms with van der Waals surface area (Å²) in [5.74, 6) is 0.845. The average molecular weight is 314 g/mol. The molecule has 1 N–H and O–H groups in total. The Labute approximate surface area is 136 Å². The van der Waals surface area contributed by atoms with Crippen molar-refractivity contribution in [1.82, 2.24) is 10.3 Å². The first-order valence-electron chi connectivity index (χ1n) is 8.18. The second kappa shape index (κ2) is 7.92. The molecule has 1 atom stereocenters. The van der Waals surface area contributed by atoms with E-state index in [1.165, 1.54) is 0 Å². The molecule has 2 aromatic rings. The molecule has 1 aliphatic rings. The molecule has 2 heterocycles. The second-order valence-electron chi connectivity index (χ2n) is 5.72. The molecule has 0 bridgehead atoms. The molecule has 1 fully saturated rings. The van der Waals surface area contributed by atoms with E-state index in [0.717, 1.165) is 42.5 Å². The lowest BCUT2D eigenvalue weighted by atomic mass is 10.2. The lowest BCUT2D eigenvalue weighted by Crippen LogP contribution is -2.28. The summed E-state index contributed by atoms with van der Waals surface area (Å²) >= 11 is 0. The Hall–Kier alpha value is -2.14. The van der Waals surface area contributed by atoms with E-state index < -0.39 is 0 Å². The van der Waals surface area contributed by atoms with Gasteiger partial charge in [0, 0.05) is 24.7 Å². The summed E-state index contributed by atoms with van der Waals surface area (Å²) in [7, 11) is 0. The van der Waals surface area contributed by atoms with Crippen LogP contribution >= 0.6 is 0 Å². The number of carbonyl (C=O) groups excluding carboxylic acids is 1. The zero-order valence-electron chi connectivity index (χ0n) is 13.2. The molecular formula is C18H22N2O3. The van der Waals surface area contributed by atoms with Crippen molar-refractivity contribution in [3.8, 4) is 5.75 Å². The van der Waals surface area contributed by atoms with Crippen molar-refractivity contribution in [2.75, 3.05) is 19.8 Å². The number of carbonyl (C=O) groups is 1. The Kier molecular flexibility index (Phi) is 5.42. The lowest BCUT2D eigenvalue weighted by molar-refractivity contribution is -0.123. The van der Waals surface area contributed by atoms with Gasteiger partial charge in [-0.1, -0.05) is 18.2 Å². The molecule has 1 aliphatic heterocycles. The molecule has 0 radical (unpaired) electrons. The van der Waals surface area contributed by atoms with Gasteiger partial charge in [0.1, 0.15) is 11.3 Å². The van der Waals surface area contributed by atoms with Crippen molar-refractivity contribution >= 4 is 16.8 Å². The van der Waals surface area contributed by atoms with Crippen LogP contribution in [-0.2, 0) is 9.53 Å². The minimum absolute atomic E-state index is 0.0590. The number of benzene rings is 1. The third-order valence-corrected chi connectivity index (χ3v) is 3.93. The molecular weight excluding hydrogens is 292 g/mol. The Bertz CT molecular complexity index is 648. The van der Waals surface area contributed by atoms with Crippen LogP contribution in [0.1, 0.15) is 25.7 Å². The molecule has 0 aliphatic carbocycles. The second-order valence-corrected chi connectivity index (χ2v) is 5.72. The molecule has 3 rings (SSSR count). The summed E-state index contributed by atoms with van der Waals surface area (Å²) in [6.07, 6.45) is 5.15. The molecule has 0 spiro atoms. The Morgan fingerprint density at radius 1 is 1.35 bits per heavy atom. The van der Waals surface area contributed by atoms with Gasteiger partial charge in [-0.25, -0.2) is 0 Å². The van der Waals surface area contributed by atoms with E-state index in [1.807, 2.05) is 30.3 Å². The van der Waals surface area contributed by atoms with E-state index in [-0.39, 0.29) is 12.0 Å². The van der Waals surface area contributed by atoms with Gasteiger partial charge in [-0.3, -0.25) is 9.78 Å². The third kappa shape index (κ3) is 4.42. The number of amides is 1. The van der Waals surface area contributed by atoms with Crippen LogP contribution in [0.3, 0.4) is 0 Å². The Morgan fingerprint density at radius 3 is 3.13 bits per heavy atom. The molecule has 5 heteroatoms. The highest BCUT2D eigenvalue weighted by Crippen LogP contribution is 2.22. The summed E-state index contributed by atoms with van der Waals surface area (Å²) in [6.45, 7) is 1.95. The maximum atomic E-state index is 11.8. The van der Waals surface area contributed by atoms with Crippen LogP contribution in [0.5, 0.6) is 5.75 Å². The molecule has 122 valence electrons. The van der Waals surface area contributed by atoms with E-state index in [1.54, 1.807) is 6.20 Å². The van der Waals surface area contributed by atoms with Crippen molar-refractivity contribution < 1.29 is 14.3 Å². The number of hydrogen-bond donors (Lipinski definition) is 1. The number of fused-ring (bicyclic) bond motifs is 1. The molecule has 0 saturated carbocycles. The van der Waals surface area contributed by atoms with Gasteiger partial charge >= 0.3 is 0 Å².